The zero-order valence-electron chi connectivity index (χ0n) is 5.66. The lowest BCUT2D eigenvalue weighted by atomic mass is 10.4. The van der Waals surface area contributed by atoms with E-state index in [0.29, 0.717) is 17.4 Å². The number of nitrogen functional groups attached to an aromatic ring is 2. The van der Waals surface area contributed by atoms with Crippen LogP contribution < -0.4 is 16.2 Å². The number of ether oxygens (including phenoxy) is 1. The van der Waals surface area contributed by atoms with Crippen LogP contribution in [0.3, 0.4) is 0 Å². The van der Waals surface area contributed by atoms with E-state index in [-0.39, 0.29) is 0 Å². The molecular weight excluding hydrogens is 130 g/mol. The van der Waals surface area contributed by atoms with Gasteiger partial charge in [-0.3, -0.25) is 0 Å². The average molecular weight is 139 g/mol. The Bertz CT molecular complexity index is 236. The van der Waals surface area contributed by atoms with Crippen LogP contribution in [0.15, 0.2) is 12.1 Å². The Morgan fingerprint density at radius 2 is 2.10 bits per heavy atom. The quantitative estimate of drug-likeness (QED) is 0.585. The molecule has 54 valence electrons. The molecule has 0 bridgehead atoms. The number of aromatic nitrogens is 1. The standard InChI is InChI=1S/C6H9N3O/c1-10-6-4(7)2-3-5(8)9-6/h2-3H,7H2,1H3,(H2,8,9). The van der Waals surface area contributed by atoms with Crippen LogP contribution in [-0.2, 0) is 0 Å². The molecule has 0 aliphatic heterocycles. The molecule has 4 heteroatoms. The van der Waals surface area contributed by atoms with E-state index in [9.17, 15) is 0 Å². The zero-order valence-corrected chi connectivity index (χ0v) is 5.66. The minimum absolute atomic E-state index is 0.375. The molecule has 1 aromatic rings. The first kappa shape index (κ1) is 6.67. The van der Waals surface area contributed by atoms with Crippen LogP contribution in [-0.4, -0.2) is 12.1 Å². The molecule has 0 amide bonds. The molecule has 0 aliphatic rings. The monoisotopic (exact) mass is 139 g/mol. The Labute approximate surface area is 58.8 Å². The third-order valence-corrected chi connectivity index (χ3v) is 1.10. The second-order valence-electron chi connectivity index (χ2n) is 1.83. The topological polar surface area (TPSA) is 74.2 Å². The van der Waals surface area contributed by atoms with Crippen molar-refractivity contribution in [3.63, 3.8) is 0 Å². The normalized spacial score (nSPS) is 9.30. The van der Waals surface area contributed by atoms with Crippen molar-refractivity contribution in [1.29, 1.82) is 0 Å². The van der Waals surface area contributed by atoms with E-state index in [1.54, 1.807) is 12.1 Å². The Morgan fingerprint density at radius 3 is 2.60 bits per heavy atom. The van der Waals surface area contributed by atoms with Crippen molar-refractivity contribution in [3.05, 3.63) is 12.1 Å². The maximum atomic E-state index is 5.46. The van der Waals surface area contributed by atoms with Crippen molar-refractivity contribution >= 4 is 11.5 Å². The number of hydrogen-bond donors (Lipinski definition) is 2. The number of pyridine rings is 1. The number of nitrogens with two attached hydrogens (primary N) is 2. The van der Waals surface area contributed by atoms with E-state index in [0.717, 1.165) is 0 Å². The minimum Gasteiger partial charge on any atom is -0.479 e. The molecule has 1 aromatic heterocycles. The maximum absolute atomic E-state index is 5.46. The SMILES string of the molecule is COc1nc(N)ccc1N. The van der Waals surface area contributed by atoms with Crippen LogP contribution >= 0.6 is 0 Å². The smallest absolute Gasteiger partial charge is 0.238 e. The largest absolute Gasteiger partial charge is 0.479 e. The molecular formula is C6H9N3O. The van der Waals surface area contributed by atoms with Gasteiger partial charge >= 0.3 is 0 Å². The molecule has 0 saturated carbocycles. The van der Waals surface area contributed by atoms with Crippen LogP contribution in [0.2, 0.25) is 0 Å². The number of methoxy groups -OCH3 is 1. The fourth-order valence-electron chi connectivity index (χ4n) is 0.629. The second kappa shape index (κ2) is 2.43. The van der Waals surface area contributed by atoms with Gasteiger partial charge in [0.15, 0.2) is 0 Å². The number of nitrogens with zero attached hydrogens (tertiary/aromatic N) is 1. The van der Waals surface area contributed by atoms with E-state index < -0.39 is 0 Å². The lowest BCUT2D eigenvalue weighted by Gasteiger charge is -2.01. The van der Waals surface area contributed by atoms with Gasteiger partial charge in [-0.15, -0.1) is 0 Å². The van der Waals surface area contributed by atoms with E-state index >= 15 is 0 Å². The zero-order chi connectivity index (χ0) is 7.56. The third kappa shape index (κ3) is 1.10. The highest BCUT2D eigenvalue weighted by Crippen LogP contribution is 2.17. The Balaban J connectivity index is 3.09. The highest BCUT2D eigenvalue weighted by molar-refractivity contribution is 5.51. The van der Waals surface area contributed by atoms with Gasteiger partial charge in [-0.25, -0.2) is 0 Å². The highest BCUT2D eigenvalue weighted by Gasteiger charge is 1.98. The molecule has 0 aliphatic carbocycles. The molecule has 10 heavy (non-hydrogen) atoms. The van der Waals surface area contributed by atoms with Gasteiger partial charge in [0.1, 0.15) is 5.82 Å². The first-order chi connectivity index (χ1) is 4.74. The summed E-state index contributed by atoms with van der Waals surface area (Å²) in [5.74, 6) is 0.783. The van der Waals surface area contributed by atoms with Crippen molar-refractivity contribution in [3.8, 4) is 5.88 Å². The minimum atomic E-state index is 0.375. The van der Waals surface area contributed by atoms with Gasteiger partial charge in [-0.1, -0.05) is 0 Å². The number of rotatable bonds is 1. The summed E-state index contributed by atoms with van der Waals surface area (Å²) in [7, 11) is 1.50. The van der Waals surface area contributed by atoms with Gasteiger partial charge in [-0.2, -0.15) is 4.98 Å². The molecule has 4 N–H and O–H groups in total. The first-order valence-corrected chi connectivity index (χ1v) is 2.80. The summed E-state index contributed by atoms with van der Waals surface area (Å²) in [6.45, 7) is 0. The molecule has 4 nitrogen and oxygen atoms in total. The molecule has 0 unspecified atom stereocenters. The van der Waals surface area contributed by atoms with Gasteiger partial charge in [-0.05, 0) is 12.1 Å². The summed E-state index contributed by atoms with van der Waals surface area (Å²) < 4.78 is 4.81. The van der Waals surface area contributed by atoms with Crippen molar-refractivity contribution in [2.45, 2.75) is 0 Å². The van der Waals surface area contributed by atoms with Crippen LogP contribution in [0, 0.1) is 0 Å². The first-order valence-electron chi connectivity index (χ1n) is 2.80. The number of hydrogen-bond acceptors (Lipinski definition) is 4. The summed E-state index contributed by atoms with van der Waals surface area (Å²) in [6.07, 6.45) is 0. The molecule has 1 heterocycles. The Kier molecular flexibility index (Phi) is 1.62. The van der Waals surface area contributed by atoms with Crippen LogP contribution in [0.4, 0.5) is 11.5 Å². The van der Waals surface area contributed by atoms with Crippen molar-refractivity contribution in [2.24, 2.45) is 0 Å². The maximum Gasteiger partial charge on any atom is 0.238 e. The second-order valence-corrected chi connectivity index (χ2v) is 1.83. The van der Waals surface area contributed by atoms with Gasteiger partial charge in [0.25, 0.3) is 0 Å². The fraction of sp³-hybridized carbons (Fsp3) is 0.167. The summed E-state index contributed by atoms with van der Waals surface area (Å²) in [6, 6.07) is 3.28. The molecule has 0 atom stereocenters. The van der Waals surface area contributed by atoms with Crippen molar-refractivity contribution < 1.29 is 4.74 Å². The lowest BCUT2D eigenvalue weighted by Crippen LogP contribution is -1.97. The van der Waals surface area contributed by atoms with Gasteiger partial charge in [0.05, 0.1) is 12.8 Å². The molecule has 1 rings (SSSR count). The average Bonchev–Trinajstić information content (AvgIpc) is 1.94. The summed E-state index contributed by atoms with van der Waals surface area (Å²) in [4.78, 5) is 3.82. The van der Waals surface area contributed by atoms with Gasteiger partial charge in [0, 0.05) is 0 Å². The van der Waals surface area contributed by atoms with Crippen molar-refractivity contribution in [2.75, 3.05) is 18.6 Å². The van der Waals surface area contributed by atoms with E-state index in [1.165, 1.54) is 7.11 Å². The summed E-state index contributed by atoms with van der Waals surface area (Å²) >= 11 is 0. The third-order valence-electron chi connectivity index (χ3n) is 1.10. The van der Waals surface area contributed by atoms with Gasteiger partial charge < -0.3 is 16.2 Å². The molecule has 0 fully saturated rings. The fourth-order valence-corrected chi connectivity index (χ4v) is 0.629. The molecule has 0 saturated heterocycles. The van der Waals surface area contributed by atoms with Gasteiger partial charge in [0.2, 0.25) is 5.88 Å². The Morgan fingerprint density at radius 1 is 1.40 bits per heavy atom. The summed E-state index contributed by atoms with van der Waals surface area (Å²) in [5.41, 5.74) is 11.3. The predicted molar refractivity (Wildman–Crippen MR) is 39.6 cm³/mol. The van der Waals surface area contributed by atoms with Crippen LogP contribution in [0.25, 0.3) is 0 Å². The van der Waals surface area contributed by atoms with E-state index in [4.69, 9.17) is 16.2 Å². The van der Waals surface area contributed by atoms with E-state index in [2.05, 4.69) is 4.98 Å². The molecule has 0 aromatic carbocycles. The lowest BCUT2D eigenvalue weighted by molar-refractivity contribution is 0.401. The van der Waals surface area contributed by atoms with Crippen LogP contribution in [0.1, 0.15) is 0 Å². The molecule has 0 spiro atoms. The van der Waals surface area contributed by atoms with E-state index in [1.807, 2.05) is 0 Å². The Hall–Kier alpha value is -1.45. The predicted octanol–water partition coefficient (Wildman–Crippen LogP) is 0.255. The van der Waals surface area contributed by atoms with Crippen LogP contribution in [0.5, 0.6) is 5.88 Å². The number of anilines is 2. The summed E-state index contributed by atoms with van der Waals surface area (Å²) in [5, 5.41) is 0. The highest BCUT2D eigenvalue weighted by atomic mass is 16.5. The molecule has 0 radical (unpaired) electrons. The van der Waals surface area contributed by atoms with Crippen molar-refractivity contribution in [1.82, 2.24) is 4.98 Å².